The highest BCUT2D eigenvalue weighted by Gasteiger charge is 2.54. The molecule has 142 valence electrons. The first-order valence-corrected chi connectivity index (χ1v) is 8.94. The Hall–Kier alpha value is -2.88. The maximum atomic E-state index is 13.3. The Morgan fingerprint density at radius 2 is 2.15 bits per heavy atom. The van der Waals surface area contributed by atoms with E-state index in [1.165, 1.54) is 36.9 Å². The molecule has 0 radical (unpaired) electrons. The summed E-state index contributed by atoms with van der Waals surface area (Å²) in [5.41, 5.74) is 0.134. The normalized spacial score (nSPS) is 21.3. The van der Waals surface area contributed by atoms with Gasteiger partial charge in [-0.05, 0) is 18.2 Å². The third-order valence-electron chi connectivity index (χ3n) is 4.07. The predicted octanol–water partition coefficient (Wildman–Crippen LogP) is 0.741. The van der Waals surface area contributed by atoms with E-state index in [2.05, 4.69) is 5.32 Å². The molecule has 1 fully saturated rings. The van der Waals surface area contributed by atoms with Crippen molar-refractivity contribution in [3.63, 3.8) is 0 Å². The van der Waals surface area contributed by atoms with Crippen molar-refractivity contribution in [3.8, 4) is 0 Å². The fourth-order valence-electron chi connectivity index (χ4n) is 2.84. The predicted molar refractivity (Wildman–Crippen MR) is 92.0 cm³/mol. The fourth-order valence-corrected chi connectivity index (χ4v) is 4.16. The average Bonchev–Trinajstić information content (AvgIpc) is 2.63. The molecule has 2 N–H and O–H groups in total. The summed E-state index contributed by atoms with van der Waals surface area (Å²) in [6.07, 6.45) is 0. The lowest BCUT2D eigenvalue weighted by Gasteiger charge is -2.49. The molecular weight excluding hydrogens is 379 g/mol. The van der Waals surface area contributed by atoms with Crippen LogP contribution >= 0.6 is 11.8 Å². The van der Waals surface area contributed by atoms with Crippen LogP contribution in [0.2, 0.25) is 0 Å². The molecule has 10 heteroatoms. The standard InChI is InChI=1S/C17H15FN2O6S/c1-8(21)26-6-10-7-27-16-12(15(23)20(16)13(10)17(24)25)19-14(22)9-3-2-4-11(18)5-9/h2-5,12,16H,6-7H2,1H3,(H,19,22)(H,24,25)/t12-,16-/m1/s1. The SMILES string of the molecule is CC(=O)OCC1=C(C(=O)O)N2C(=O)[C@@H](NC(=O)c3cccc(F)c3)[C@H]2SC1. The molecule has 27 heavy (non-hydrogen) atoms. The second kappa shape index (κ2) is 7.39. The van der Waals surface area contributed by atoms with Crippen LogP contribution in [0.1, 0.15) is 17.3 Å². The Labute approximate surface area is 157 Å². The van der Waals surface area contributed by atoms with Crippen molar-refractivity contribution in [1.82, 2.24) is 10.2 Å². The van der Waals surface area contributed by atoms with Gasteiger partial charge in [-0.15, -0.1) is 11.8 Å². The number of nitrogens with zero attached hydrogens (tertiary/aromatic N) is 1. The number of rotatable bonds is 5. The van der Waals surface area contributed by atoms with Crippen LogP contribution in [0.25, 0.3) is 0 Å². The second-order valence-electron chi connectivity index (χ2n) is 5.91. The highest BCUT2D eigenvalue weighted by molar-refractivity contribution is 8.00. The van der Waals surface area contributed by atoms with Crippen molar-refractivity contribution in [2.75, 3.05) is 12.4 Å². The molecule has 8 nitrogen and oxygen atoms in total. The number of esters is 1. The Bertz CT molecular complexity index is 871. The maximum absolute atomic E-state index is 13.3. The highest BCUT2D eigenvalue weighted by Crippen LogP contribution is 2.40. The number of carboxylic acids is 1. The maximum Gasteiger partial charge on any atom is 0.352 e. The van der Waals surface area contributed by atoms with Crippen LogP contribution in [0, 0.1) is 5.82 Å². The van der Waals surface area contributed by atoms with Gasteiger partial charge in [0.05, 0.1) is 0 Å². The number of hydrogen-bond donors (Lipinski definition) is 2. The molecule has 0 aliphatic carbocycles. The first-order valence-electron chi connectivity index (χ1n) is 7.89. The molecule has 3 rings (SSSR count). The molecule has 0 spiro atoms. The van der Waals surface area contributed by atoms with Crippen molar-refractivity contribution >= 4 is 35.5 Å². The lowest BCUT2D eigenvalue weighted by molar-refractivity contribution is -0.149. The van der Waals surface area contributed by atoms with Gasteiger partial charge in [-0.2, -0.15) is 0 Å². The number of carbonyl (C=O) groups is 4. The molecule has 0 unspecified atom stereocenters. The minimum absolute atomic E-state index is 0.0617. The van der Waals surface area contributed by atoms with Crippen molar-refractivity contribution in [2.24, 2.45) is 0 Å². The minimum Gasteiger partial charge on any atom is -0.477 e. The first-order chi connectivity index (χ1) is 12.8. The van der Waals surface area contributed by atoms with Crippen LogP contribution in [-0.4, -0.2) is 57.5 Å². The molecule has 2 aliphatic heterocycles. The van der Waals surface area contributed by atoms with Crippen molar-refractivity contribution in [1.29, 1.82) is 0 Å². The number of benzene rings is 1. The zero-order chi connectivity index (χ0) is 19.7. The van der Waals surface area contributed by atoms with E-state index in [9.17, 15) is 28.7 Å². The molecule has 2 amide bonds. The number of ether oxygens (including phenoxy) is 1. The molecule has 0 bridgehead atoms. The van der Waals surface area contributed by atoms with Gasteiger partial charge in [0.2, 0.25) is 0 Å². The van der Waals surface area contributed by atoms with Crippen LogP contribution in [0.15, 0.2) is 35.5 Å². The summed E-state index contributed by atoms with van der Waals surface area (Å²) in [6, 6.07) is 4.10. The zero-order valence-corrected chi connectivity index (χ0v) is 14.9. The summed E-state index contributed by atoms with van der Waals surface area (Å²) >= 11 is 1.25. The van der Waals surface area contributed by atoms with Crippen molar-refractivity contribution in [3.05, 3.63) is 46.9 Å². The van der Waals surface area contributed by atoms with Crippen LogP contribution in [0.4, 0.5) is 4.39 Å². The van der Waals surface area contributed by atoms with Crippen LogP contribution in [-0.2, 0) is 19.1 Å². The monoisotopic (exact) mass is 394 g/mol. The van der Waals surface area contributed by atoms with E-state index in [4.69, 9.17) is 4.74 Å². The van der Waals surface area contributed by atoms with E-state index in [0.29, 0.717) is 5.57 Å². The number of hydrogen-bond acceptors (Lipinski definition) is 6. The van der Waals surface area contributed by atoms with Crippen LogP contribution in [0.3, 0.4) is 0 Å². The van der Waals surface area contributed by atoms with E-state index in [1.807, 2.05) is 0 Å². The molecule has 0 aromatic heterocycles. The molecule has 1 aromatic carbocycles. The van der Waals surface area contributed by atoms with Crippen LogP contribution in [0.5, 0.6) is 0 Å². The largest absolute Gasteiger partial charge is 0.477 e. The topological polar surface area (TPSA) is 113 Å². The van der Waals surface area contributed by atoms with Gasteiger partial charge in [0.15, 0.2) is 0 Å². The van der Waals surface area contributed by atoms with E-state index in [0.717, 1.165) is 11.0 Å². The van der Waals surface area contributed by atoms with Gasteiger partial charge in [0, 0.05) is 23.8 Å². The number of halogens is 1. The second-order valence-corrected chi connectivity index (χ2v) is 7.01. The first kappa shape index (κ1) is 18.9. The van der Waals surface area contributed by atoms with E-state index in [1.54, 1.807) is 0 Å². The Balaban J connectivity index is 1.76. The Kier molecular flexibility index (Phi) is 5.17. The summed E-state index contributed by atoms with van der Waals surface area (Å²) in [5, 5.41) is 11.4. The molecule has 2 heterocycles. The van der Waals surface area contributed by atoms with Gasteiger partial charge >= 0.3 is 11.9 Å². The van der Waals surface area contributed by atoms with Crippen molar-refractivity contribution in [2.45, 2.75) is 18.3 Å². The molecule has 0 saturated carbocycles. The smallest absolute Gasteiger partial charge is 0.352 e. The number of nitrogens with one attached hydrogen (secondary N) is 1. The average molecular weight is 394 g/mol. The minimum atomic E-state index is -1.31. The third kappa shape index (κ3) is 3.65. The van der Waals surface area contributed by atoms with Gasteiger partial charge in [-0.1, -0.05) is 6.07 Å². The summed E-state index contributed by atoms with van der Waals surface area (Å²) in [5.74, 6) is -3.44. The molecule has 1 aromatic rings. The number of thioether (sulfide) groups is 1. The molecule has 2 atom stereocenters. The molecule has 1 saturated heterocycles. The Morgan fingerprint density at radius 3 is 2.78 bits per heavy atom. The summed E-state index contributed by atoms with van der Waals surface area (Å²) in [6.45, 7) is 0.979. The number of aliphatic carboxylic acids is 1. The van der Waals surface area contributed by atoms with Crippen molar-refractivity contribution < 1.29 is 33.4 Å². The van der Waals surface area contributed by atoms with Crippen LogP contribution < -0.4 is 5.32 Å². The van der Waals surface area contributed by atoms with Gasteiger partial charge in [-0.3, -0.25) is 19.3 Å². The fraction of sp³-hybridized carbons (Fsp3) is 0.294. The lowest BCUT2D eigenvalue weighted by Crippen LogP contribution is -2.70. The molecular formula is C17H15FN2O6S. The summed E-state index contributed by atoms with van der Waals surface area (Å²) in [4.78, 5) is 48.3. The zero-order valence-electron chi connectivity index (χ0n) is 14.1. The number of carboxylic acid groups (broad SMARTS) is 1. The van der Waals surface area contributed by atoms with E-state index < -0.39 is 41.0 Å². The van der Waals surface area contributed by atoms with Gasteiger partial charge < -0.3 is 15.2 Å². The van der Waals surface area contributed by atoms with Gasteiger partial charge in [0.1, 0.15) is 29.5 Å². The number of β-lactam (4-membered cyclic amide) rings is 1. The number of fused-ring (bicyclic) bond motifs is 1. The van der Waals surface area contributed by atoms with Gasteiger partial charge in [0.25, 0.3) is 11.8 Å². The summed E-state index contributed by atoms with van der Waals surface area (Å²) in [7, 11) is 0. The van der Waals surface area contributed by atoms with E-state index in [-0.39, 0.29) is 23.6 Å². The lowest BCUT2D eigenvalue weighted by atomic mass is 10.0. The highest BCUT2D eigenvalue weighted by atomic mass is 32.2. The molecule has 2 aliphatic rings. The summed E-state index contributed by atoms with van der Waals surface area (Å²) < 4.78 is 18.1. The number of amides is 2. The van der Waals surface area contributed by atoms with Gasteiger partial charge in [-0.25, -0.2) is 9.18 Å². The third-order valence-corrected chi connectivity index (χ3v) is 5.41. The quantitative estimate of drug-likeness (QED) is 0.559. The number of carbonyl (C=O) groups excluding carboxylic acids is 3. The van der Waals surface area contributed by atoms with E-state index >= 15 is 0 Å². The Morgan fingerprint density at radius 1 is 1.41 bits per heavy atom.